The fourth-order valence-electron chi connectivity index (χ4n) is 1.88. The van der Waals surface area contributed by atoms with Crippen LogP contribution in [0, 0.1) is 6.92 Å². The molecule has 8 heteroatoms. The lowest BCUT2D eigenvalue weighted by molar-refractivity contribution is 0.404. The molecule has 0 aliphatic rings. The van der Waals surface area contributed by atoms with E-state index in [4.69, 9.17) is 4.42 Å². The number of nitrogens with zero attached hydrogens (tertiary/aromatic N) is 2. The Kier molecular flexibility index (Phi) is 4.26. The number of furan rings is 1. The van der Waals surface area contributed by atoms with Gasteiger partial charge in [-0.2, -0.15) is 9.40 Å². The number of aryl methyl sites for hydroxylation is 1. The summed E-state index contributed by atoms with van der Waals surface area (Å²) in [6.45, 7) is 2.40. The predicted molar refractivity (Wildman–Crippen MR) is 73.4 cm³/mol. The van der Waals surface area contributed by atoms with Crippen molar-refractivity contribution in [3.63, 3.8) is 0 Å². The molecular weight excluding hydrogens is 280 g/mol. The maximum absolute atomic E-state index is 12.5. The minimum Gasteiger partial charge on any atom is -0.468 e. The number of aromatic nitrogens is 2. The number of nitrogens with one attached hydrogen (secondary N) is 2. The molecule has 2 rings (SSSR count). The predicted octanol–water partition coefficient (Wildman–Crippen LogP) is 0.851. The highest BCUT2D eigenvalue weighted by atomic mass is 32.2. The van der Waals surface area contributed by atoms with Crippen LogP contribution in [-0.2, 0) is 23.1 Å². The van der Waals surface area contributed by atoms with Crippen molar-refractivity contribution in [2.75, 3.05) is 14.1 Å². The standard InChI is InChI=1S/C12H18N4O3S/c1-9-11(7-13-2)12(15-14-9)20(17,18)16(3)8-10-5-4-6-19-10/h4-6,13H,7-8H2,1-3H3,(H,14,15). The van der Waals surface area contributed by atoms with Crippen molar-refractivity contribution < 1.29 is 12.8 Å². The molecule has 0 amide bonds. The molecule has 0 spiro atoms. The maximum atomic E-state index is 12.5. The largest absolute Gasteiger partial charge is 0.468 e. The highest BCUT2D eigenvalue weighted by Gasteiger charge is 2.28. The summed E-state index contributed by atoms with van der Waals surface area (Å²) in [6.07, 6.45) is 1.51. The van der Waals surface area contributed by atoms with Gasteiger partial charge >= 0.3 is 0 Å². The molecular formula is C12H18N4O3S. The van der Waals surface area contributed by atoms with Crippen LogP contribution in [0.1, 0.15) is 17.0 Å². The van der Waals surface area contributed by atoms with Crippen LogP contribution in [0.15, 0.2) is 27.8 Å². The van der Waals surface area contributed by atoms with Crippen molar-refractivity contribution in [1.82, 2.24) is 19.8 Å². The number of rotatable bonds is 6. The number of hydrogen-bond acceptors (Lipinski definition) is 5. The summed E-state index contributed by atoms with van der Waals surface area (Å²) in [5.41, 5.74) is 1.39. The van der Waals surface area contributed by atoms with E-state index in [1.54, 1.807) is 26.1 Å². The third-order valence-electron chi connectivity index (χ3n) is 3.00. The van der Waals surface area contributed by atoms with Gasteiger partial charge < -0.3 is 9.73 Å². The number of aromatic amines is 1. The van der Waals surface area contributed by atoms with Crippen LogP contribution in [0.25, 0.3) is 0 Å². The van der Waals surface area contributed by atoms with Gasteiger partial charge in [-0.1, -0.05) is 0 Å². The van der Waals surface area contributed by atoms with Crippen LogP contribution in [0.5, 0.6) is 0 Å². The van der Waals surface area contributed by atoms with E-state index in [0.29, 0.717) is 17.9 Å². The SMILES string of the molecule is CNCc1c(S(=O)(=O)N(C)Cc2ccco2)n[nH]c1C. The van der Waals surface area contributed by atoms with E-state index in [1.165, 1.54) is 17.6 Å². The number of hydrogen-bond donors (Lipinski definition) is 2. The van der Waals surface area contributed by atoms with Gasteiger partial charge in [0.15, 0.2) is 5.03 Å². The average Bonchev–Trinajstić information content (AvgIpc) is 3.01. The Morgan fingerprint density at radius 3 is 2.85 bits per heavy atom. The van der Waals surface area contributed by atoms with Crippen LogP contribution >= 0.6 is 0 Å². The summed E-state index contributed by atoms with van der Waals surface area (Å²) in [5.74, 6) is 0.582. The van der Waals surface area contributed by atoms with Crippen LogP contribution in [-0.4, -0.2) is 37.0 Å². The van der Waals surface area contributed by atoms with Gasteiger partial charge in [-0.15, -0.1) is 0 Å². The van der Waals surface area contributed by atoms with Gasteiger partial charge in [-0.3, -0.25) is 5.10 Å². The minimum absolute atomic E-state index is 0.0541. The Hall–Kier alpha value is -1.64. The second kappa shape index (κ2) is 5.78. The molecule has 110 valence electrons. The molecule has 2 aromatic heterocycles. The van der Waals surface area contributed by atoms with Gasteiger partial charge in [0.05, 0.1) is 12.8 Å². The quantitative estimate of drug-likeness (QED) is 0.825. The van der Waals surface area contributed by atoms with E-state index < -0.39 is 10.0 Å². The first-order valence-electron chi connectivity index (χ1n) is 6.14. The molecule has 0 aliphatic heterocycles. The Bertz CT molecular complexity index is 661. The first-order valence-corrected chi connectivity index (χ1v) is 7.58. The zero-order valence-electron chi connectivity index (χ0n) is 11.7. The first kappa shape index (κ1) is 14.8. The third-order valence-corrected chi connectivity index (χ3v) is 4.78. The molecule has 0 radical (unpaired) electrons. The molecule has 0 aliphatic carbocycles. The Morgan fingerprint density at radius 2 is 2.25 bits per heavy atom. The lowest BCUT2D eigenvalue weighted by Crippen LogP contribution is -2.28. The number of sulfonamides is 1. The molecule has 0 saturated carbocycles. The summed E-state index contributed by atoms with van der Waals surface area (Å²) in [6, 6.07) is 3.46. The van der Waals surface area contributed by atoms with Crippen LogP contribution in [0.4, 0.5) is 0 Å². The molecule has 0 atom stereocenters. The van der Waals surface area contributed by atoms with E-state index >= 15 is 0 Å². The lowest BCUT2D eigenvalue weighted by Gasteiger charge is -2.15. The molecule has 0 bridgehead atoms. The second-order valence-electron chi connectivity index (χ2n) is 4.50. The van der Waals surface area contributed by atoms with Crippen molar-refractivity contribution >= 4 is 10.0 Å². The van der Waals surface area contributed by atoms with E-state index in [-0.39, 0.29) is 11.6 Å². The summed E-state index contributed by atoms with van der Waals surface area (Å²) in [7, 11) is -0.392. The van der Waals surface area contributed by atoms with Crippen molar-refractivity contribution in [2.24, 2.45) is 0 Å². The molecule has 2 N–H and O–H groups in total. The van der Waals surface area contributed by atoms with Gasteiger partial charge in [0.25, 0.3) is 10.0 Å². The first-order chi connectivity index (χ1) is 9.46. The normalized spacial score (nSPS) is 12.2. The number of H-pyrrole nitrogens is 1. The van der Waals surface area contributed by atoms with E-state index in [1.807, 2.05) is 0 Å². The Morgan fingerprint density at radius 1 is 1.50 bits per heavy atom. The van der Waals surface area contributed by atoms with Crippen molar-refractivity contribution in [3.05, 3.63) is 35.4 Å². The van der Waals surface area contributed by atoms with Gasteiger partial charge in [0, 0.05) is 24.8 Å². The molecule has 0 saturated heterocycles. The van der Waals surface area contributed by atoms with E-state index in [0.717, 1.165) is 5.69 Å². The summed E-state index contributed by atoms with van der Waals surface area (Å²) < 4.78 is 31.5. The lowest BCUT2D eigenvalue weighted by atomic mass is 10.3. The van der Waals surface area contributed by atoms with Crippen LogP contribution in [0.3, 0.4) is 0 Å². The summed E-state index contributed by atoms with van der Waals surface area (Å²) in [4.78, 5) is 0. The maximum Gasteiger partial charge on any atom is 0.262 e. The smallest absolute Gasteiger partial charge is 0.262 e. The molecule has 0 unspecified atom stereocenters. The van der Waals surface area contributed by atoms with Gasteiger partial charge in [-0.25, -0.2) is 8.42 Å². The zero-order chi connectivity index (χ0) is 14.8. The highest BCUT2D eigenvalue weighted by molar-refractivity contribution is 7.89. The van der Waals surface area contributed by atoms with Crippen LogP contribution < -0.4 is 5.32 Å². The zero-order valence-corrected chi connectivity index (χ0v) is 12.5. The Balaban J connectivity index is 2.30. The van der Waals surface area contributed by atoms with Crippen LogP contribution in [0.2, 0.25) is 0 Å². The topological polar surface area (TPSA) is 91.2 Å². The molecule has 0 fully saturated rings. The monoisotopic (exact) mass is 298 g/mol. The average molecular weight is 298 g/mol. The highest BCUT2D eigenvalue weighted by Crippen LogP contribution is 2.21. The molecule has 7 nitrogen and oxygen atoms in total. The van der Waals surface area contributed by atoms with E-state index in [2.05, 4.69) is 15.5 Å². The third kappa shape index (κ3) is 2.77. The van der Waals surface area contributed by atoms with Crippen molar-refractivity contribution in [3.8, 4) is 0 Å². The van der Waals surface area contributed by atoms with Gasteiger partial charge in [-0.05, 0) is 26.1 Å². The molecule has 20 heavy (non-hydrogen) atoms. The Labute approximate surface area is 118 Å². The van der Waals surface area contributed by atoms with Gasteiger partial charge in [0.2, 0.25) is 0 Å². The molecule has 0 aromatic carbocycles. The van der Waals surface area contributed by atoms with E-state index in [9.17, 15) is 8.42 Å². The molecule has 2 aromatic rings. The fraction of sp³-hybridized carbons (Fsp3) is 0.417. The van der Waals surface area contributed by atoms with Gasteiger partial charge in [0.1, 0.15) is 5.76 Å². The van der Waals surface area contributed by atoms with Crippen molar-refractivity contribution in [2.45, 2.75) is 25.0 Å². The second-order valence-corrected chi connectivity index (χ2v) is 6.46. The van der Waals surface area contributed by atoms with Crippen molar-refractivity contribution in [1.29, 1.82) is 0 Å². The molecule has 2 heterocycles. The fourth-order valence-corrected chi connectivity index (χ4v) is 3.17. The summed E-state index contributed by atoms with van der Waals surface area (Å²) in [5, 5.41) is 9.65. The minimum atomic E-state index is -3.66. The summed E-state index contributed by atoms with van der Waals surface area (Å²) >= 11 is 0.